The molecule has 5 nitrogen and oxygen atoms in total. The number of anilines is 1. The number of aromatic amines is 1. The molecule has 118 valence electrons. The van der Waals surface area contributed by atoms with Crippen molar-refractivity contribution in [3.8, 4) is 5.75 Å². The van der Waals surface area contributed by atoms with E-state index in [2.05, 4.69) is 36.4 Å². The van der Waals surface area contributed by atoms with Crippen molar-refractivity contribution in [2.45, 2.75) is 13.2 Å². The second-order valence-corrected chi connectivity index (χ2v) is 6.14. The lowest BCUT2D eigenvalue weighted by atomic mass is 10.2. The van der Waals surface area contributed by atoms with Crippen LogP contribution in [0.2, 0.25) is 5.02 Å². The predicted octanol–water partition coefficient (Wildman–Crippen LogP) is 4.41. The molecular formula is C16H14BrClN4O. The molecule has 0 saturated carbocycles. The molecule has 0 radical (unpaired) electrons. The third-order valence-corrected chi connectivity index (χ3v) is 4.09. The summed E-state index contributed by atoms with van der Waals surface area (Å²) in [4.78, 5) is 4.04. The van der Waals surface area contributed by atoms with Crippen molar-refractivity contribution in [2.75, 3.05) is 5.32 Å². The van der Waals surface area contributed by atoms with E-state index in [1.54, 1.807) is 0 Å². The van der Waals surface area contributed by atoms with Crippen LogP contribution in [0.3, 0.4) is 0 Å². The normalized spacial score (nSPS) is 10.5. The quantitative estimate of drug-likeness (QED) is 0.651. The third-order valence-electron chi connectivity index (χ3n) is 3.22. The van der Waals surface area contributed by atoms with Gasteiger partial charge in [-0.05, 0) is 24.3 Å². The first-order chi connectivity index (χ1) is 11.2. The van der Waals surface area contributed by atoms with Crippen molar-refractivity contribution >= 4 is 33.5 Å². The Labute approximate surface area is 147 Å². The van der Waals surface area contributed by atoms with Crippen LogP contribution < -0.4 is 10.1 Å². The van der Waals surface area contributed by atoms with E-state index in [9.17, 15) is 0 Å². The minimum Gasteiger partial charge on any atom is -0.488 e. The predicted molar refractivity (Wildman–Crippen MR) is 93.6 cm³/mol. The topological polar surface area (TPSA) is 62.8 Å². The minimum atomic E-state index is 0.413. The van der Waals surface area contributed by atoms with Gasteiger partial charge in [0.2, 0.25) is 5.95 Å². The average Bonchev–Trinajstić information content (AvgIpc) is 3.07. The van der Waals surface area contributed by atoms with Crippen molar-refractivity contribution < 1.29 is 4.74 Å². The molecule has 0 saturated heterocycles. The molecule has 0 aliphatic carbocycles. The molecule has 0 unspecified atom stereocenters. The number of benzene rings is 2. The maximum absolute atomic E-state index is 6.17. The highest BCUT2D eigenvalue weighted by Crippen LogP contribution is 2.26. The molecule has 7 heteroatoms. The first-order valence-corrected chi connectivity index (χ1v) is 8.13. The van der Waals surface area contributed by atoms with Crippen molar-refractivity contribution in [1.82, 2.24) is 15.2 Å². The van der Waals surface area contributed by atoms with Gasteiger partial charge in [0.25, 0.3) is 0 Å². The Kier molecular flexibility index (Phi) is 5.15. The fraction of sp³-hybridized carbons (Fsp3) is 0.125. The van der Waals surface area contributed by atoms with E-state index >= 15 is 0 Å². The van der Waals surface area contributed by atoms with E-state index in [-0.39, 0.29) is 0 Å². The number of rotatable bonds is 6. The Morgan fingerprint density at radius 1 is 1.17 bits per heavy atom. The maximum Gasteiger partial charge on any atom is 0.218 e. The zero-order valence-electron chi connectivity index (χ0n) is 12.1. The molecule has 0 fully saturated rings. The minimum absolute atomic E-state index is 0.413. The van der Waals surface area contributed by atoms with Crippen LogP contribution in [0.4, 0.5) is 5.95 Å². The SMILES string of the molecule is Clc1ccccc1COc1ccc(Br)cc1CNc1ncn[nH]1. The molecule has 3 aromatic rings. The van der Waals surface area contributed by atoms with E-state index in [1.807, 2.05) is 42.5 Å². The summed E-state index contributed by atoms with van der Waals surface area (Å²) in [7, 11) is 0. The van der Waals surface area contributed by atoms with E-state index in [0.717, 1.165) is 21.3 Å². The van der Waals surface area contributed by atoms with E-state index in [4.69, 9.17) is 16.3 Å². The van der Waals surface area contributed by atoms with Gasteiger partial charge in [0.15, 0.2) is 0 Å². The van der Waals surface area contributed by atoms with Crippen LogP contribution in [0.5, 0.6) is 5.75 Å². The van der Waals surface area contributed by atoms with Crippen LogP contribution in [0, 0.1) is 0 Å². The standard InChI is InChI=1S/C16H14BrClN4O/c17-13-5-6-15(23-9-11-3-1-2-4-14(11)18)12(7-13)8-19-16-20-10-21-22-16/h1-7,10H,8-9H2,(H2,19,20,21,22). The highest BCUT2D eigenvalue weighted by Gasteiger charge is 2.07. The lowest BCUT2D eigenvalue weighted by Gasteiger charge is -2.13. The lowest BCUT2D eigenvalue weighted by Crippen LogP contribution is -2.05. The Hall–Kier alpha value is -2.05. The Balaban J connectivity index is 1.72. The lowest BCUT2D eigenvalue weighted by molar-refractivity contribution is 0.303. The van der Waals surface area contributed by atoms with Crippen molar-refractivity contribution in [2.24, 2.45) is 0 Å². The molecule has 0 bridgehead atoms. The summed E-state index contributed by atoms with van der Waals surface area (Å²) in [5.41, 5.74) is 1.95. The van der Waals surface area contributed by atoms with Gasteiger partial charge in [0.05, 0.1) is 0 Å². The molecule has 0 aliphatic heterocycles. The van der Waals surface area contributed by atoms with Crippen molar-refractivity contribution in [3.05, 3.63) is 69.4 Å². The van der Waals surface area contributed by atoms with Gasteiger partial charge >= 0.3 is 0 Å². The number of hydrogen-bond donors (Lipinski definition) is 2. The molecular weight excluding hydrogens is 380 g/mol. The fourth-order valence-electron chi connectivity index (χ4n) is 2.07. The summed E-state index contributed by atoms with van der Waals surface area (Å²) in [5, 5.41) is 10.4. The van der Waals surface area contributed by atoms with Gasteiger partial charge in [-0.3, -0.25) is 0 Å². The summed E-state index contributed by atoms with van der Waals surface area (Å²) in [5.74, 6) is 1.40. The number of halogens is 2. The molecule has 0 spiro atoms. The van der Waals surface area contributed by atoms with Crippen molar-refractivity contribution in [3.63, 3.8) is 0 Å². The Morgan fingerprint density at radius 2 is 2.04 bits per heavy atom. The van der Waals surface area contributed by atoms with E-state index in [0.29, 0.717) is 24.1 Å². The highest BCUT2D eigenvalue weighted by atomic mass is 79.9. The number of aromatic nitrogens is 3. The van der Waals surface area contributed by atoms with E-state index in [1.165, 1.54) is 6.33 Å². The first-order valence-electron chi connectivity index (χ1n) is 6.96. The Morgan fingerprint density at radius 3 is 2.83 bits per heavy atom. The highest BCUT2D eigenvalue weighted by molar-refractivity contribution is 9.10. The second-order valence-electron chi connectivity index (χ2n) is 4.82. The maximum atomic E-state index is 6.17. The Bertz CT molecular complexity index is 780. The van der Waals surface area contributed by atoms with Gasteiger partial charge in [-0.25, -0.2) is 10.1 Å². The molecule has 0 aliphatic rings. The molecule has 3 rings (SSSR count). The second kappa shape index (κ2) is 7.48. The molecule has 1 aromatic heterocycles. The van der Waals surface area contributed by atoms with Crippen LogP contribution in [-0.2, 0) is 13.2 Å². The zero-order valence-corrected chi connectivity index (χ0v) is 14.4. The van der Waals surface area contributed by atoms with Gasteiger partial charge in [-0.2, -0.15) is 5.10 Å². The van der Waals surface area contributed by atoms with Crippen LogP contribution in [0.25, 0.3) is 0 Å². The average molecular weight is 394 g/mol. The number of nitrogens with zero attached hydrogens (tertiary/aromatic N) is 2. The zero-order chi connectivity index (χ0) is 16.1. The van der Waals surface area contributed by atoms with Gasteiger partial charge in [0, 0.05) is 27.2 Å². The molecule has 0 amide bonds. The van der Waals surface area contributed by atoms with Crippen LogP contribution in [-0.4, -0.2) is 15.2 Å². The number of H-pyrrole nitrogens is 1. The summed E-state index contributed by atoms with van der Waals surface area (Å²) in [6.45, 7) is 0.975. The molecule has 2 aromatic carbocycles. The van der Waals surface area contributed by atoms with Crippen LogP contribution in [0.1, 0.15) is 11.1 Å². The molecule has 2 N–H and O–H groups in total. The summed E-state index contributed by atoms with van der Waals surface area (Å²) in [6.07, 6.45) is 1.46. The molecule has 1 heterocycles. The fourth-order valence-corrected chi connectivity index (χ4v) is 2.67. The molecule has 0 atom stereocenters. The first kappa shape index (κ1) is 15.8. The number of nitrogens with one attached hydrogen (secondary N) is 2. The summed E-state index contributed by atoms with van der Waals surface area (Å²) in [6, 6.07) is 13.5. The van der Waals surface area contributed by atoms with E-state index < -0.39 is 0 Å². The van der Waals surface area contributed by atoms with Gasteiger partial charge < -0.3 is 10.1 Å². The number of ether oxygens (including phenoxy) is 1. The van der Waals surface area contributed by atoms with Crippen LogP contribution >= 0.6 is 27.5 Å². The summed E-state index contributed by atoms with van der Waals surface area (Å²) >= 11 is 9.65. The number of hydrogen-bond acceptors (Lipinski definition) is 4. The van der Waals surface area contributed by atoms with Crippen LogP contribution in [0.15, 0.2) is 53.3 Å². The molecule has 23 heavy (non-hydrogen) atoms. The van der Waals surface area contributed by atoms with Crippen molar-refractivity contribution in [1.29, 1.82) is 0 Å². The monoisotopic (exact) mass is 392 g/mol. The largest absolute Gasteiger partial charge is 0.488 e. The smallest absolute Gasteiger partial charge is 0.218 e. The van der Waals surface area contributed by atoms with Gasteiger partial charge in [-0.1, -0.05) is 45.7 Å². The summed E-state index contributed by atoms with van der Waals surface area (Å²) < 4.78 is 6.92. The van der Waals surface area contributed by atoms with Gasteiger partial charge in [0.1, 0.15) is 18.7 Å². The third kappa shape index (κ3) is 4.24. The van der Waals surface area contributed by atoms with Gasteiger partial charge in [-0.15, -0.1) is 0 Å².